The van der Waals surface area contributed by atoms with Crippen molar-refractivity contribution in [1.82, 2.24) is 9.97 Å². The van der Waals surface area contributed by atoms with E-state index in [1.54, 1.807) is 6.07 Å². The molecule has 2 heterocycles. The van der Waals surface area contributed by atoms with Gasteiger partial charge in [0.05, 0.1) is 14.5 Å². The molecular weight excluding hydrogens is 391 g/mol. The highest BCUT2D eigenvalue weighted by molar-refractivity contribution is 14.1. The van der Waals surface area contributed by atoms with Crippen LogP contribution in [-0.4, -0.2) is 21.0 Å². The highest BCUT2D eigenvalue weighted by Gasteiger charge is 2.12. The second kappa shape index (κ2) is 5.33. The molecule has 0 saturated carbocycles. The van der Waals surface area contributed by atoms with Crippen LogP contribution in [0, 0.1) is 3.57 Å². The molecule has 3 aromatic rings. The molecule has 7 heteroatoms. The van der Waals surface area contributed by atoms with Crippen LogP contribution in [0.5, 0.6) is 11.6 Å². The van der Waals surface area contributed by atoms with Crippen molar-refractivity contribution < 1.29 is 14.6 Å². The van der Waals surface area contributed by atoms with Gasteiger partial charge in [-0.1, -0.05) is 0 Å². The fourth-order valence-electron chi connectivity index (χ4n) is 1.67. The Balaban J connectivity index is 2.04. The third-order valence-electron chi connectivity index (χ3n) is 2.61. The van der Waals surface area contributed by atoms with Gasteiger partial charge < -0.3 is 9.84 Å². The van der Waals surface area contributed by atoms with Crippen molar-refractivity contribution in [3.8, 4) is 11.6 Å². The molecule has 100 valence electrons. The van der Waals surface area contributed by atoms with Crippen LogP contribution in [-0.2, 0) is 0 Å². The molecule has 1 N–H and O–H groups in total. The van der Waals surface area contributed by atoms with Crippen LogP contribution in [0.25, 0.3) is 10.2 Å². The minimum Gasteiger partial charge on any atom is -0.478 e. The maximum absolute atomic E-state index is 11.0. The van der Waals surface area contributed by atoms with E-state index in [0.717, 1.165) is 13.8 Å². The van der Waals surface area contributed by atoms with Crippen molar-refractivity contribution in [1.29, 1.82) is 0 Å². The third kappa shape index (κ3) is 2.46. The summed E-state index contributed by atoms with van der Waals surface area (Å²) in [5, 5.41) is 11.7. The molecule has 0 atom stereocenters. The van der Waals surface area contributed by atoms with Crippen LogP contribution < -0.4 is 4.74 Å². The molecule has 0 radical (unpaired) electrons. The lowest BCUT2D eigenvalue weighted by Gasteiger charge is -2.08. The van der Waals surface area contributed by atoms with Crippen molar-refractivity contribution in [3.63, 3.8) is 0 Å². The summed E-state index contributed by atoms with van der Waals surface area (Å²) in [5.74, 6) is -0.0944. The summed E-state index contributed by atoms with van der Waals surface area (Å²) in [7, 11) is 0. The number of rotatable bonds is 3. The van der Waals surface area contributed by atoms with Crippen LogP contribution in [0.15, 0.2) is 36.0 Å². The zero-order valence-electron chi connectivity index (χ0n) is 9.91. The van der Waals surface area contributed by atoms with Gasteiger partial charge in [-0.05, 0) is 52.2 Å². The lowest BCUT2D eigenvalue weighted by Crippen LogP contribution is -1.98. The van der Waals surface area contributed by atoms with E-state index in [-0.39, 0.29) is 5.56 Å². The number of hydrogen-bond acceptors (Lipinski definition) is 5. The smallest absolute Gasteiger partial charge is 0.335 e. The summed E-state index contributed by atoms with van der Waals surface area (Å²) in [6.45, 7) is 0. The minimum absolute atomic E-state index is 0.177. The fraction of sp³-hybridized carbons (Fsp3) is 0. The third-order valence-corrected chi connectivity index (χ3v) is 4.32. The van der Waals surface area contributed by atoms with Gasteiger partial charge in [0.15, 0.2) is 0 Å². The Labute approximate surface area is 131 Å². The van der Waals surface area contributed by atoms with Gasteiger partial charge in [0.25, 0.3) is 0 Å². The largest absolute Gasteiger partial charge is 0.478 e. The number of aromatic nitrogens is 2. The number of benzene rings is 1. The van der Waals surface area contributed by atoms with E-state index in [0.29, 0.717) is 11.6 Å². The summed E-state index contributed by atoms with van der Waals surface area (Å²) in [5.41, 5.74) is 0.177. The predicted octanol–water partition coefficient (Wildman–Crippen LogP) is 3.79. The topological polar surface area (TPSA) is 72.3 Å². The first-order valence-electron chi connectivity index (χ1n) is 5.54. The molecule has 2 aromatic heterocycles. The highest BCUT2D eigenvalue weighted by atomic mass is 127. The van der Waals surface area contributed by atoms with Gasteiger partial charge in [-0.2, -0.15) is 0 Å². The predicted molar refractivity (Wildman–Crippen MR) is 83.6 cm³/mol. The quantitative estimate of drug-likeness (QED) is 0.680. The molecular formula is C13H7IN2O3S. The average molecular weight is 398 g/mol. The van der Waals surface area contributed by atoms with E-state index in [9.17, 15) is 4.79 Å². The summed E-state index contributed by atoms with van der Waals surface area (Å²) in [4.78, 5) is 20.1. The van der Waals surface area contributed by atoms with Crippen molar-refractivity contribution in [2.45, 2.75) is 0 Å². The van der Waals surface area contributed by atoms with E-state index in [4.69, 9.17) is 9.84 Å². The Morgan fingerprint density at radius 1 is 1.30 bits per heavy atom. The maximum atomic E-state index is 11.0. The molecule has 5 nitrogen and oxygen atoms in total. The second-order valence-corrected chi connectivity index (χ2v) is 5.93. The number of hydrogen-bond donors (Lipinski definition) is 1. The zero-order valence-corrected chi connectivity index (χ0v) is 12.9. The van der Waals surface area contributed by atoms with Crippen LogP contribution >= 0.6 is 33.9 Å². The number of carboxylic acid groups (broad SMARTS) is 1. The number of nitrogens with zero attached hydrogens (tertiary/aromatic N) is 2. The number of fused-ring (bicyclic) bond motifs is 1. The molecule has 0 bridgehead atoms. The first-order valence-corrected chi connectivity index (χ1v) is 7.50. The van der Waals surface area contributed by atoms with Crippen molar-refractivity contribution in [2.75, 3.05) is 0 Å². The molecule has 3 rings (SSSR count). The molecule has 0 aliphatic heterocycles. The molecule has 0 amide bonds. The maximum Gasteiger partial charge on any atom is 0.335 e. The molecule has 0 spiro atoms. The molecule has 0 aliphatic carbocycles. The number of ether oxygens (including phenoxy) is 1. The molecule has 0 saturated heterocycles. The lowest BCUT2D eigenvalue weighted by atomic mass is 10.2. The van der Waals surface area contributed by atoms with Crippen molar-refractivity contribution in [3.05, 3.63) is 45.1 Å². The number of thiophene rings is 1. The lowest BCUT2D eigenvalue weighted by molar-refractivity contribution is 0.0696. The van der Waals surface area contributed by atoms with Gasteiger partial charge in [-0.3, -0.25) is 0 Å². The molecule has 0 unspecified atom stereocenters. The van der Waals surface area contributed by atoms with Crippen molar-refractivity contribution in [2.24, 2.45) is 0 Å². The molecule has 0 aliphatic rings. The Hall–Kier alpha value is -1.74. The first kappa shape index (κ1) is 13.3. The summed E-state index contributed by atoms with van der Waals surface area (Å²) in [6, 6.07) is 6.61. The normalized spacial score (nSPS) is 10.7. The standard InChI is InChI=1S/C13H7IN2O3S/c14-9-2-1-7(13(17)18)5-10(9)19-11-8-3-4-20-12(8)16-6-15-11/h1-6H,(H,17,18). The van der Waals surface area contributed by atoms with Crippen LogP contribution in [0.2, 0.25) is 0 Å². The summed E-state index contributed by atoms with van der Waals surface area (Å²) in [6.07, 6.45) is 1.43. The Morgan fingerprint density at radius 3 is 2.95 bits per heavy atom. The number of aromatic carboxylic acids is 1. The number of halogens is 1. The number of carboxylic acids is 1. The van der Waals surface area contributed by atoms with Gasteiger partial charge in [-0.25, -0.2) is 14.8 Å². The van der Waals surface area contributed by atoms with Gasteiger partial charge >= 0.3 is 5.97 Å². The summed E-state index contributed by atoms with van der Waals surface area (Å²) < 4.78 is 6.57. The Bertz CT molecular complexity index is 803. The molecule has 20 heavy (non-hydrogen) atoms. The van der Waals surface area contributed by atoms with Crippen LogP contribution in [0.1, 0.15) is 10.4 Å². The van der Waals surface area contributed by atoms with E-state index >= 15 is 0 Å². The highest BCUT2D eigenvalue weighted by Crippen LogP contribution is 2.32. The van der Waals surface area contributed by atoms with E-state index < -0.39 is 5.97 Å². The summed E-state index contributed by atoms with van der Waals surface area (Å²) >= 11 is 3.59. The van der Waals surface area contributed by atoms with E-state index in [1.165, 1.54) is 29.8 Å². The SMILES string of the molecule is O=C(O)c1ccc(I)c(Oc2ncnc3sccc23)c1. The Morgan fingerprint density at radius 2 is 2.15 bits per heavy atom. The van der Waals surface area contributed by atoms with Crippen LogP contribution in [0.3, 0.4) is 0 Å². The Kier molecular flexibility index (Phi) is 3.53. The zero-order chi connectivity index (χ0) is 14.1. The average Bonchev–Trinajstić information content (AvgIpc) is 2.90. The van der Waals surface area contributed by atoms with Gasteiger partial charge in [-0.15, -0.1) is 11.3 Å². The number of carbonyl (C=O) groups is 1. The molecule has 0 fully saturated rings. The van der Waals surface area contributed by atoms with E-state index in [1.807, 2.05) is 11.4 Å². The molecule has 1 aromatic carbocycles. The van der Waals surface area contributed by atoms with Crippen LogP contribution in [0.4, 0.5) is 0 Å². The minimum atomic E-state index is -0.991. The fourth-order valence-corrected chi connectivity index (χ4v) is 2.84. The van der Waals surface area contributed by atoms with E-state index in [2.05, 4.69) is 32.6 Å². The van der Waals surface area contributed by atoms with Gasteiger partial charge in [0, 0.05) is 0 Å². The van der Waals surface area contributed by atoms with Gasteiger partial charge in [0.2, 0.25) is 5.88 Å². The first-order chi connectivity index (χ1) is 9.65. The van der Waals surface area contributed by atoms with Gasteiger partial charge in [0.1, 0.15) is 16.9 Å². The second-order valence-electron chi connectivity index (χ2n) is 3.87. The monoisotopic (exact) mass is 398 g/mol. The van der Waals surface area contributed by atoms with Crippen molar-refractivity contribution >= 4 is 50.1 Å².